The van der Waals surface area contributed by atoms with E-state index in [2.05, 4.69) is 10.4 Å². The largest absolute Gasteiger partial charge is 0.481 e. The average molecular weight is 538 g/mol. The Morgan fingerprint density at radius 2 is 1.76 bits per heavy atom. The predicted octanol–water partition coefficient (Wildman–Crippen LogP) is 6.90. The van der Waals surface area contributed by atoms with Crippen molar-refractivity contribution in [1.29, 1.82) is 0 Å². The molecule has 1 saturated carbocycles. The number of carbonyl (C=O) groups excluding carboxylic acids is 1. The maximum Gasteiger partial charge on any atom is 0.413 e. The number of rotatable bonds is 7. The molecule has 38 heavy (non-hydrogen) atoms. The van der Waals surface area contributed by atoms with Crippen molar-refractivity contribution in [1.82, 2.24) is 9.78 Å². The van der Waals surface area contributed by atoms with Crippen LogP contribution in [-0.2, 0) is 14.9 Å². The topological polar surface area (TPSA) is 93.5 Å². The van der Waals surface area contributed by atoms with Crippen LogP contribution in [0.3, 0.4) is 0 Å². The Balaban J connectivity index is 1.56. The number of carboxylic acid groups (broad SMARTS) is 1. The normalized spacial score (nSPS) is 14.5. The fourth-order valence-corrected chi connectivity index (χ4v) is 4.78. The van der Waals surface area contributed by atoms with Crippen molar-refractivity contribution in [3.63, 3.8) is 0 Å². The van der Waals surface area contributed by atoms with Gasteiger partial charge in [-0.05, 0) is 37.0 Å². The van der Waals surface area contributed by atoms with Gasteiger partial charge in [-0.2, -0.15) is 5.10 Å². The average Bonchev–Trinajstić information content (AvgIpc) is 3.64. The molecule has 3 aromatic carbocycles. The fraction of sp³-hybridized carbons (Fsp3) is 0.179. The van der Waals surface area contributed by atoms with Gasteiger partial charge in [0.25, 0.3) is 0 Å². The highest BCUT2D eigenvalue weighted by molar-refractivity contribution is 6.31. The molecule has 10 heteroatoms. The molecule has 1 fully saturated rings. The van der Waals surface area contributed by atoms with Crippen LogP contribution in [0.4, 0.5) is 19.4 Å². The summed E-state index contributed by atoms with van der Waals surface area (Å²) in [4.78, 5) is 24.9. The molecular formula is C28H22ClF2N3O4. The van der Waals surface area contributed by atoms with E-state index in [9.17, 15) is 19.1 Å². The number of ether oxygens (including phenoxy) is 1. The Labute approximate surface area is 221 Å². The lowest BCUT2D eigenvalue weighted by molar-refractivity contribution is -0.140. The van der Waals surface area contributed by atoms with Crippen molar-refractivity contribution >= 4 is 29.5 Å². The van der Waals surface area contributed by atoms with Crippen LogP contribution in [0.2, 0.25) is 5.02 Å². The highest BCUT2D eigenvalue weighted by Crippen LogP contribution is 2.52. The Morgan fingerprint density at radius 3 is 2.42 bits per heavy atom. The van der Waals surface area contributed by atoms with E-state index in [-0.39, 0.29) is 29.7 Å². The Kier molecular flexibility index (Phi) is 6.62. The summed E-state index contributed by atoms with van der Waals surface area (Å²) >= 11 is 6.17. The van der Waals surface area contributed by atoms with Crippen molar-refractivity contribution in [2.75, 3.05) is 5.32 Å². The highest BCUT2D eigenvalue weighted by Gasteiger charge is 2.54. The lowest BCUT2D eigenvalue weighted by Gasteiger charge is -2.20. The third-order valence-electron chi connectivity index (χ3n) is 6.66. The number of anilines is 1. The molecule has 0 spiro atoms. The number of amides is 1. The molecule has 1 atom stereocenters. The Morgan fingerprint density at radius 1 is 1.08 bits per heavy atom. The first-order valence-corrected chi connectivity index (χ1v) is 12.2. The van der Waals surface area contributed by atoms with E-state index in [0.29, 0.717) is 16.1 Å². The number of aliphatic carboxylic acids is 1. The van der Waals surface area contributed by atoms with E-state index in [1.165, 1.54) is 12.1 Å². The molecule has 0 saturated heterocycles. The summed E-state index contributed by atoms with van der Waals surface area (Å²) in [6, 6.07) is 18.4. The minimum absolute atomic E-state index is 0.131. The zero-order valence-electron chi connectivity index (χ0n) is 20.1. The number of carbonyl (C=O) groups is 2. The number of hydrogen-bond acceptors (Lipinski definition) is 4. The van der Waals surface area contributed by atoms with E-state index in [1.54, 1.807) is 61.5 Å². The summed E-state index contributed by atoms with van der Waals surface area (Å²) in [7, 11) is 0. The molecule has 0 radical (unpaired) electrons. The summed E-state index contributed by atoms with van der Waals surface area (Å²) in [6.45, 7) is 1.60. The second-order valence-corrected chi connectivity index (χ2v) is 9.43. The highest BCUT2D eigenvalue weighted by atomic mass is 35.5. The SMILES string of the molecule is CC(OC(=O)Nc1c(F)cnn1-c1c(C2(C(=O)O)CC2)ccc(-c2ccccc2)c1F)c1ccccc1Cl. The maximum atomic E-state index is 16.2. The summed E-state index contributed by atoms with van der Waals surface area (Å²) in [5.41, 5.74) is -0.227. The van der Waals surface area contributed by atoms with Crippen LogP contribution >= 0.6 is 11.6 Å². The molecule has 1 heterocycles. The van der Waals surface area contributed by atoms with Gasteiger partial charge in [-0.1, -0.05) is 72.3 Å². The number of nitrogens with one attached hydrogen (secondary N) is 1. The van der Waals surface area contributed by atoms with Gasteiger partial charge in [-0.25, -0.2) is 18.3 Å². The summed E-state index contributed by atoms with van der Waals surface area (Å²) < 4.78 is 37.4. The van der Waals surface area contributed by atoms with E-state index in [0.717, 1.165) is 10.9 Å². The molecule has 4 aromatic rings. The molecule has 1 amide bonds. The molecule has 0 aliphatic heterocycles. The second-order valence-electron chi connectivity index (χ2n) is 9.02. The first-order chi connectivity index (χ1) is 18.2. The third-order valence-corrected chi connectivity index (χ3v) is 7.00. The fourth-order valence-electron chi connectivity index (χ4n) is 4.49. The molecule has 0 bridgehead atoms. The third kappa shape index (κ3) is 4.50. The lowest BCUT2D eigenvalue weighted by Crippen LogP contribution is -2.24. The van der Waals surface area contributed by atoms with Crippen LogP contribution in [0, 0.1) is 11.6 Å². The van der Waals surface area contributed by atoms with Gasteiger partial charge in [-0.3, -0.25) is 10.1 Å². The first kappa shape index (κ1) is 25.4. The Hall–Kier alpha value is -4.24. The van der Waals surface area contributed by atoms with E-state index in [4.69, 9.17) is 16.3 Å². The summed E-state index contributed by atoms with van der Waals surface area (Å²) in [6.07, 6.45) is -0.435. The van der Waals surface area contributed by atoms with Crippen LogP contribution in [0.25, 0.3) is 16.8 Å². The Bertz CT molecular complexity index is 1540. The van der Waals surface area contributed by atoms with Crippen molar-refractivity contribution in [3.8, 4) is 16.8 Å². The number of carboxylic acids is 1. The van der Waals surface area contributed by atoms with Crippen molar-refractivity contribution in [2.24, 2.45) is 0 Å². The number of benzene rings is 3. The van der Waals surface area contributed by atoms with Gasteiger partial charge in [0.05, 0.1) is 11.6 Å². The number of halogens is 3. The van der Waals surface area contributed by atoms with Crippen LogP contribution in [0.5, 0.6) is 0 Å². The van der Waals surface area contributed by atoms with E-state index >= 15 is 4.39 Å². The second kappa shape index (κ2) is 9.90. The molecule has 5 rings (SSSR count). The van der Waals surface area contributed by atoms with Gasteiger partial charge in [0, 0.05) is 16.1 Å². The minimum Gasteiger partial charge on any atom is -0.481 e. The van der Waals surface area contributed by atoms with Crippen molar-refractivity contribution in [2.45, 2.75) is 31.3 Å². The van der Waals surface area contributed by atoms with Crippen LogP contribution in [0.15, 0.2) is 72.9 Å². The van der Waals surface area contributed by atoms with Crippen molar-refractivity contribution < 1.29 is 28.2 Å². The molecule has 2 N–H and O–H groups in total. The number of hydrogen-bond donors (Lipinski definition) is 2. The molecule has 1 aliphatic rings. The van der Waals surface area contributed by atoms with Crippen LogP contribution in [-0.4, -0.2) is 26.9 Å². The minimum atomic E-state index is -1.34. The van der Waals surface area contributed by atoms with Crippen LogP contribution in [0.1, 0.15) is 37.0 Å². The maximum absolute atomic E-state index is 16.2. The van der Waals surface area contributed by atoms with E-state index < -0.39 is 41.0 Å². The molecule has 1 unspecified atom stereocenters. The van der Waals surface area contributed by atoms with Crippen LogP contribution < -0.4 is 5.32 Å². The molecule has 7 nitrogen and oxygen atoms in total. The quantitative estimate of drug-likeness (QED) is 0.267. The van der Waals surface area contributed by atoms with Gasteiger partial charge in [0.15, 0.2) is 17.5 Å². The zero-order chi connectivity index (χ0) is 27.0. The zero-order valence-corrected chi connectivity index (χ0v) is 20.9. The van der Waals surface area contributed by atoms with Crippen molar-refractivity contribution in [3.05, 3.63) is 101 Å². The lowest BCUT2D eigenvalue weighted by atomic mass is 9.91. The summed E-state index contributed by atoms with van der Waals surface area (Å²) in [5, 5.41) is 16.6. The van der Waals surface area contributed by atoms with Gasteiger partial charge >= 0.3 is 12.1 Å². The number of aromatic nitrogens is 2. The standard InChI is InChI=1S/C28H22ClF2N3O4/c1-16(18-9-5-6-10-21(18)29)38-27(37)33-25-22(30)15-32-34(25)24-20(28(13-14-28)26(35)36)12-11-19(23(24)31)17-7-3-2-4-8-17/h2-12,15-16H,13-14H2,1H3,(H,33,37)(H,35,36). The van der Waals surface area contributed by atoms with Gasteiger partial charge in [0.1, 0.15) is 11.8 Å². The van der Waals surface area contributed by atoms with Gasteiger partial charge < -0.3 is 9.84 Å². The van der Waals surface area contributed by atoms with Gasteiger partial charge in [-0.15, -0.1) is 0 Å². The molecule has 1 aliphatic carbocycles. The van der Waals surface area contributed by atoms with E-state index in [1.807, 2.05) is 0 Å². The summed E-state index contributed by atoms with van der Waals surface area (Å²) in [5.74, 6) is -3.37. The molecular weight excluding hydrogens is 516 g/mol. The monoisotopic (exact) mass is 537 g/mol. The molecule has 194 valence electrons. The smallest absolute Gasteiger partial charge is 0.413 e. The predicted molar refractivity (Wildman–Crippen MR) is 137 cm³/mol. The number of nitrogens with zero attached hydrogens (tertiary/aromatic N) is 2. The first-order valence-electron chi connectivity index (χ1n) is 11.8. The van der Waals surface area contributed by atoms with Gasteiger partial charge in [0.2, 0.25) is 0 Å². The molecule has 1 aromatic heterocycles.